The Morgan fingerprint density at radius 2 is 2.06 bits per heavy atom. The van der Waals surface area contributed by atoms with Gasteiger partial charge in [-0.05, 0) is 37.6 Å². The zero-order valence-corrected chi connectivity index (χ0v) is 10.7. The molecule has 1 aliphatic rings. The molecule has 1 aliphatic heterocycles. The van der Waals surface area contributed by atoms with Crippen molar-refractivity contribution in [3.8, 4) is 5.75 Å². The molecule has 0 aromatic heterocycles. The van der Waals surface area contributed by atoms with Crippen LogP contribution in [0.25, 0.3) is 0 Å². The average Bonchev–Trinajstić information content (AvgIpc) is 2.67. The van der Waals surface area contributed by atoms with Gasteiger partial charge in [0.25, 0.3) is 0 Å². The van der Waals surface area contributed by atoms with Gasteiger partial charge in [-0.15, -0.1) is 0 Å². The molecule has 1 heterocycles. The Kier molecular flexibility index (Phi) is 4.02. The zero-order chi connectivity index (χ0) is 12.3. The molecule has 0 aliphatic carbocycles. The van der Waals surface area contributed by atoms with Crippen molar-refractivity contribution in [3.63, 3.8) is 0 Å². The Hall–Kier alpha value is -1.06. The first-order chi connectivity index (χ1) is 8.22. The molecule has 17 heavy (non-hydrogen) atoms. The highest BCUT2D eigenvalue weighted by Crippen LogP contribution is 2.30. The fourth-order valence-corrected chi connectivity index (χ4v) is 2.46. The van der Waals surface area contributed by atoms with E-state index in [0.29, 0.717) is 6.04 Å². The van der Waals surface area contributed by atoms with E-state index in [1.54, 1.807) is 0 Å². The molecule has 1 saturated heterocycles. The number of hydrogen-bond acceptors (Lipinski definition) is 3. The first-order valence-corrected chi connectivity index (χ1v) is 6.41. The van der Waals surface area contributed by atoms with E-state index >= 15 is 0 Å². The smallest absolute Gasteiger partial charge is 0.119 e. The standard InChI is InChI=1S/C14H22N2O/c1-3-10-17-12-6-4-11(5-7-12)14-13(15)8-9-16(14)2/h4-7,13-14H,3,8-10,15H2,1-2H3. The number of rotatable bonds is 4. The van der Waals surface area contributed by atoms with Crippen molar-refractivity contribution < 1.29 is 4.74 Å². The SMILES string of the molecule is CCCOc1ccc(C2C(N)CCN2C)cc1. The Morgan fingerprint density at radius 1 is 1.35 bits per heavy atom. The van der Waals surface area contributed by atoms with Crippen molar-refractivity contribution in [2.24, 2.45) is 5.73 Å². The molecule has 3 nitrogen and oxygen atoms in total. The van der Waals surface area contributed by atoms with Crippen molar-refractivity contribution in [1.29, 1.82) is 0 Å². The van der Waals surface area contributed by atoms with Gasteiger partial charge in [-0.2, -0.15) is 0 Å². The predicted octanol–water partition coefficient (Wildman–Crippen LogP) is 2.18. The van der Waals surface area contributed by atoms with Gasteiger partial charge >= 0.3 is 0 Å². The second-order valence-corrected chi connectivity index (χ2v) is 4.80. The number of likely N-dealkylation sites (tertiary alicyclic amines) is 1. The second-order valence-electron chi connectivity index (χ2n) is 4.80. The molecule has 0 amide bonds. The van der Waals surface area contributed by atoms with Crippen LogP contribution in [0.1, 0.15) is 31.4 Å². The van der Waals surface area contributed by atoms with Crippen LogP contribution in [0.5, 0.6) is 5.75 Å². The lowest BCUT2D eigenvalue weighted by Crippen LogP contribution is -2.29. The van der Waals surface area contributed by atoms with Crippen molar-refractivity contribution >= 4 is 0 Å². The third-order valence-corrected chi connectivity index (χ3v) is 3.39. The molecule has 0 spiro atoms. The fourth-order valence-electron chi connectivity index (χ4n) is 2.46. The van der Waals surface area contributed by atoms with Gasteiger partial charge in [0.2, 0.25) is 0 Å². The molecule has 0 saturated carbocycles. The monoisotopic (exact) mass is 234 g/mol. The third kappa shape index (κ3) is 2.79. The summed E-state index contributed by atoms with van der Waals surface area (Å²) in [5.41, 5.74) is 7.44. The highest BCUT2D eigenvalue weighted by atomic mass is 16.5. The van der Waals surface area contributed by atoms with Crippen molar-refractivity contribution in [2.45, 2.75) is 31.8 Å². The molecule has 0 radical (unpaired) electrons. The Bertz CT molecular complexity index is 340. The van der Waals surface area contributed by atoms with Crippen LogP contribution in [-0.2, 0) is 0 Å². The third-order valence-electron chi connectivity index (χ3n) is 3.39. The normalized spacial score (nSPS) is 25.1. The number of benzene rings is 1. The lowest BCUT2D eigenvalue weighted by Gasteiger charge is -2.23. The summed E-state index contributed by atoms with van der Waals surface area (Å²) >= 11 is 0. The van der Waals surface area contributed by atoms with Crippen LogP contribution in [0.4, 0.5) is 0 Å². The zero-order valence-electron chi connectivity index (χ0n) is 10.7. The van der Waals surface area contributed by atoms with Crippen LogP contribution in [-0.4, -0.2) is 31.1 Å². The maximum atomic E-state index is 6.15. The molecule has 2 N–H and O–H groups in total. The van der Waals surface area contributed by atoms with Crippen LogP contribution < -0.4 is 10.5 Å². The minimum atomic E-state index is 0.252. The lowest BCUT2D eigenvalue weighted by molar-refractivity contribution is 0.302. The van der Waals surface area contributed by atoms with Crippen molar-refractivity contribution in [3.05, 3.63) is 29.8 Å². The van der Waals surface area contributed by atoms with Gasteiger partial charge in [-0.1, -0.05) is 19.1 Å². The fraction of sp³-hybridized carbons (Fsp3) is 0.571. The molecule has 1 aromatic rings. The van der Waals surface area contributed by atoms with E-state index in [1.807, 2.05) is 12.1 Å². The topological polar surface area (TPSA) is 38.5 Å². The quantitative estimate of drug-likeness (QED) is 0.868. The van der Waals surface area contributed by atoms with Crippen LogP contribution in [0, 0.1) is 0 Å². The minimum Gasteiger partial charge on any atom is -0.494 e. The first-order valence-electron chi connectivity index (χ1n) is 6.41. The maximum absolute atomic E-state index is 6.15. The number of likely N-dealkylation sites (N-methyl/N-ethyl adjacent to an activating group) is 1. The summed E-state index contributed by atoms with van der Waals surface area (Å²) < 4.78 is 5.58. The van der Waals surface area contributed by atoms with Crippen LogP contribution in [0.2, 0.25) is 0 Å². The molecule has 0 bridgehead atoms. The Labute approximate surface area is 104 Å². The molecular formula is C14H22N2O. The maximum Gasteiger partial charge on any atom is 0.119 e. The molecule has 2 rings (SSSR count). The van der Waals surface area contributed by atoms with Gasteiger partial charge in [0, 0.05) is 18.6 Å². The first kappa shape index (κ1) is 12.4. The summed E-state index contributed by atoms with van der Waals surface area (Å²) in [6.45, 7) is 3.98. The van der Waals surface area contributed by atoms with Crippen LogP contribution >= 0.6 is 0 Å². The number of hydrogen-bond donors (Lipinski definition) is 1. The van der Waals surface area contributed by atoms with Crippen LogP contribution in [0.15, 0.2) is 24.3 Å². The van der Waals surface area contributed by atoms with Crippen molar-refractivity contribution in [1.82, 2.24) is 4.90 Å². The molecule has 94 valence electrons. The summed E-state index contributed by atoms with van der Waals surface area (Å²) in [6.07, 6.45) is 2.12. The van der Waals surface area contributed by atoms with E-state index in [4.69, 9.17) is 10.5 Å². The average molecular weight is 234 g/mol. The van der Waals surface area contributed by atoms with Crippen molar-refractivity contribution in [2.75, 3.05) is 20.2 Å². The molecule has 1 aromatic carbocycles. The summed E-state index contributed by atoms with van der Waals surface area (Å²) in [7, 11) is 2.14. The molecule has 3 heteroatoms. The van der Waals surface area contributed by atoms with E-state index in [9.17, 15) is 0 Å². The van der Waals surface area contributed by atoms with Gasteiger partial charge in [0.1, 0.15) is 5.75 Å². The minimum absolute atomic E-state index is 0.252. The molecule has 2 atom stereocenters. The van der Waals surface area contributed by atoms with E-state index in [-0.39, 0.29) is 6.04 Å². The van der Waals surface area contributed by atoms with E-state index in [2.05, 4.69) is 31.0 Å². The summed E-state index contributed by atoms with van der Waals surface area (Å²) in [5, 5.41) is 0. The van der Waals surface area contributed by atoms with Gasteiger partial charge in [0.05, 0.1) is 6.61 Å². The summed E-state index contributed by atoms with van der Waals surface area (Å²) in [6, 6.07) is 8.97. The van der Waals surface area contributed by atoms with E-state index in [0.717, 1.165) is 31.7 Å². The van der Waals surface area contributed by atoms with Crippen LogP contribution in [0.3, 0.4) is 0 Å². The Balaban J connectivity index is 2.06. The number of nitrogens with zero attached hydrogens (tertiary/aromatic N) is 1. The number of ether oxygens (including phenoxy) is 1. The van der Waals surface area contributed by atoms with Gasteiger partial charge in [0.15, 0.2) is 0 Å². The van der Waals surface area contributed by atoms with E-state index in [1.165, 1.54) is 5.56 Å². The molecule has 2 unspecified atom stereocenters. The van der Waals surface area contributed by atoms with Gasteiger partial charge in [-0.3, -0.25) is 4.90 Å². The number of nitrogens with two attached hydrogens (primary N) is 1. The second kappa shape index (κ2) is 5.52. The molecule has 1 fully saturated rings. The lowest BCUT2D eigenvalue weighted by atomic mass is 10.0. The van der Waals surface area contributed by atoms with E-state index < -0.39 is 0 Å². The Morgan fingerprint density at radius 3 is 2.59 bits per heavy atom. The predicted molar refractivity (Wildman–Crippen MR) is 70.2 cm³/mol. The summed E-state index contributed by atoms with van der Waals surface area (Å²) in [4.78, 5) is 2.33. The largest absolute Gasteiger partial charge is 0.494 e. The highest BCUT2D eigenvalue weighted by Gasteiger charge is 2.29. The highest BCUT2D eigenvalue weighted by molar-refractivity contribution is 5.30. The van der Waals surface area contributed by atoms with Gasteiger partial charge in [-0.25, -0.2) is 0 Å². The van der Waals surface area contributed by atoms with Gasteiger partial charge < -0.3 is 10.5 Å². The molecular weight excluding hydrogens is 212 g/mol. The summed E-state index contributed by atoms with van der Waals surface area (Å²) in [5.74, 6) is 0.949.